The molecule has 29 heavy (non-hydrogen) atoms. The smallest absolute Gasteiger partial charge is 0.259 e. The Kier molecular flexibility index (Phi) is 5.28. The van der Waals surface area contributed by atoms with Gasteiger partial charge in [-0.3, -0.25) is 9.59 Å². The van der Waals surface area contributed by atoms with Crippen LogP contribution in [-0.2, 0) is 6.54 Å². The number of hydrogen-bond acceptors (Lipinski definition) is 3. The fraction of sp³-hybridized carbons (Fsp3) is 0.273. The largest absolute Gasteiger partial charge is 0.366 e. The molecule has 1 fully saturated rings. The molecular formula is C22H21ClFN3O2. The van der Waals surface area contributed by atoms with E-state index in [4.69, 9.17) is 11.6 Å². The van der Waals surface area contributed by atoms with Crippen LogP contribution >= 0.6 is 11.6 Å². The second-order valence-electron chi connectivity index (χ2n) is 7.05. The van der Waals surface area contributed by atoms with Crippen molar-refractivity contribution in [1.82, 2.24) is 9.47 Å². The highest BCUT2D eigenvalue weighted by Crippen LogP contribution is 2.22. The van der Waals surface area contributed by atoms with Crippen LogP contribution in [0.25, 0.3) is 10.9 Å². The molecule has 0 aliphatic carbocycles. The van der Waals surface area contributed by atoms with Crippen molar-refractivity contribution in [3.63, 3.8) is 0 Å². The second-order valence-corrected chi connectivity index (χ2v) is 7.49. The molecule has 150 valence electrons. The molecule has 2 aromatic carbocycles. The van der Waals surface area contributed by atoms with E-state index in [1.165, 1.54) is 6.07 Å². The monoisotopic (exact) mass is 413 g/mol. The number of halogens is 2. The Morgan fingerprint density at radius 2 is 1.83 bits per heavy atom. The second kappa shape index (κ2) is 7.87. The third-order valence-corrected chi connectivity index (χ3v) is 5.61. The molecule has 4 rings (SSSR count). The Hall–Kier alpha value is -2.86. The summed E-state index contributed by atoms with van der Waals surface area (Å²) in [6.45, 7) is 4.44. The van der Waals surface area contributed by atoms with Crippen LogP contribution in [0, 0.1) is 5.82 Å². The molecule has 2 heterocycles. The maximum absolute atomic E-state index is 14.0. The van der Waals surface area contributed by atoms with Crippen molar-refractivity contribution < 1.29 is 9.18 Å². The molecule has 3 aromatic rings. The molecule has 1 saturated heterocycles. The first-order valence-corrected chi connectivity index (χ1v) is 9.99. The zero-order valence-corrected chi connectivity index (χ0v) is 16.8. The Morgan fingerprint density at radius 3 is 2.52 bits per heavy atom. The number of rotatable bonds is 3. The van der Waals surface area contributed by atoms with Crippen molar-refractivity contribution in [3.05, 3.63) is 75.3 Å². The lowest BCUT2D eigenvalue weighted by atomic mass is 10.1. The number of aromatic nitrogens is 1. The molecule has 0 saturated carbocycles. The lowest BCUT2D eigenvalue weighted by molar-refractivity contribution is 0.0744. The number of aryl methyl sites for hydroxylation is 1. The van der Waals surface area contributed by atoms with Gasteiger partial charge in [-0.25, -0.2) is 4.39 Å². The standard InChI is InChI=1S/C22H21ClFN3O2/c1-2-25-14-17(21(28)16-13-15(23)7-8-19(16)25)22(29)27-11-9-26(10-12-27)20-6-4-3-5-18(20)24/h3-8,13-14H,2,9-12H2,1H3. The molecule has 0 bridgehead atoms. The molecule has 5 nitrogen and oxygen atoms in total. The third kappa shape index (κ3) is 3.60. The number of anilines is 1. The maximum atomic E-state index is 14.0. The fourth-order valence-corrected chi connectivity index (χ4v) is 3.98. The number of pyridine rings is 1. The summed E-state index contributed by atoms with van der Waals surface area (Å²) in [6, 6.07) is 11.8. The minimum absolute atomic E-state index is 0.140. The third-order valence-electron chi connectivity index (χ3n) is 5.37. The van der Waals surface area contributed by atoms with Gasteiger partial charge in [0, 0.05) is 49.3 Å². The van der Waals surface area contributed by atoms with Crippen LogP contribution in [0.5, 0.6) is 0 Å². The minimum Gasteiger partial charge on any atom is -0.366 e. The molecule has 1 aliphatic rings. The highest BCUT2D eigenvalue weighted by molar-refractivity contribution is 6.31. The molecule has 1 aliphatic heterocycles. The number of para-hydroxylation sites is 1. The van der Waals surface area contributed by atoms with Crippen LogP contribution in [-0.4, -0.2) is 41.6 Å². The van der Waals surface area contributed by atoms with Crippen molar-refractivity contribution in [2.75, 3.05) is 31.1 Å². The Morgan fingerprint density at radius 1 is 1.10 bits per heavy atom. The van der Waals surface area contributed by atoms with E-state index in [0.717, 1.165) is 5.52 Å². The highest BCUT2D eigenvalue weighted by atomic mass is 35.5. The molecule has 0 N–H and O–H groups in total. The van der Waals surface area contributed by atoms with Crippen molar-refractivity contribution in [2.24, 2.45) is 0 Å². The summed E-state index contributed by atoms with van der Waals surface area (Å²) >= 11 is 6.07. The van der Waals surface area contributed by atoms with Gasteiger partial charge >= 0.3 is 0 Å². The number of fused-ring (bicyclic) bond motifs is 1. The van der Waals surface area contributed by atoms with Gasteiger partial charge in [-0.05, 0) is 37.3 Å². The van der Waals surface area contributed by atoms with Crippen LogP contribution in [0.1, 0.15) is 17.3 Å². The van der Waals surface area contributed by atoms with Crippen molar-refractivity contribution in [1.29, 1.82) is 0 Å². The molecular weight excluding hydrogens is 393 g/mol. The van der Waals surface area contributed by atoms with Gasteiger partial charge < -0.3 is 14.4 Å². The number of piperazine rings is 1. The van der Waals surface area contributed by atoms with Crippen molar-refractivity contribution >= 4 is 34.1 Å². The molecule has 0 atom stereocenters. The number of amides is 1. The first-order chi connectivity index (χ1) is 14.0. The zero-order valence-electron chi connectivity index (χ0n) is 16.1. The first-order valence-electron chi connectivity index (χ1n) is 9.61. The van der Waals surface area contributed by atoms with Crippen molar-refractivity contribution in [2.45, 2.75) is 13.5 Å². The van der Waals surface area contributed by atoms with Gasteiger partial charge in [-0.15, -0.1) is 0 Å². The van der Waals surface area contributed by atoms with Gasteiger partial charge in [-0.1, -0.05) is 23.7 Å². The molecule has 0 radical (unpaired) electrons. The number of nitrogens with zero attached hydrogens (tertiary/aromatic N) is 3. The Balaban J connectivity index is 1.61. The van der Waals surface area contributed by atoms with Gasteiger partial charge in [0.15, 0.2) is 0 Å². The summed E-state index contributed by atoms with van der Waals surface area (Å²) in [4.78, 5) is 29.7. The highest BCUT2D eigenvalue weighted by Gasteiger charge is 2.26. The van der Waals surface area contributed by atoms with Crippen LogP contribution in [0.15, 0.2) is 53.5 Å². The Bertz CT molecular complexity index is 1140. The molecule has 1 amide bonds. The molecule has 1 aromatic heterocycles. The SMILES string of the molecule is CCn1cc(C(=O)N2CCN(c3ccccc3F)CC2)c(=O)c2cc(Cl)ccc21. The van der Waals surface area contributed by atoms with E-state index in [2.05, 4.69) is 0 Å². The predicted molar refractivity (Wildman–Crippen MR) is 113 cm³/mol. The van der Waals surface area contributed by atoms with E-state index < -0.39 is 0 Å². The summed E-state index contributed by atoms with van der Waals surface area (Å²) in [5, 5.41) is 0.899. The van der Waals surface area contributed by atoms with Gasteiger partial charge in [0.2, 0.25) is 5.43 Å². The minimum atomic E-state index is -0.311. The van der Waals surface area contributed by atoms with E-state index >= 15 is 0 Å². The van der Waals surface area contributed by atoms with Gasteiger partial charge in [0.25, 0.3) is 5.91 Å². The molecule has 0 unspecified atom stereocenters. The summed E-state index contributed by atoms with van der Waals surface area (Å²) in [6.07, 6.45) is 1.63. The lowest BCUT2D eigenvalue weighted by Crippen LogP contribution is -2.49. The normalized spacial score (nSPS) is 14.4. The quantitative estimate of drug-likeness (QED) is 0.656. The van der Waals surface area contributed by atoms with E-state index in [-0.39, 0.29) is 22.7 Å². The van der Waals surface area contributed by atoms with Crippen molar-refractivity contribution in [3.8, 4) is 0 Å². The topological polar surface area (TPSA) is 45.6 Å². The van der Waals surface area contributed by atoms with Crippen LogP contribution < -0.4 is 10.3 Å². The molecule has 0 spiro atoms. The summed E-state index contributed by atoms with van der Waals surface area (Å²) in [7, 11) is 0. The summed E-state index contributed by atoms with van der Waals surface area (Å²) < 4.78 is 15.9. The fourth-order valence-electron chi connectivity index (χ4n) is 3.81. The van der Waals surface area contributed by atoms with Gasteiger partial charge in [0.05, 0.1) is 11.2 Å². The van der Waals surface area contributed by atoms with Crippen LogP contribution in [0.2, 0.25) is 5.02 Å². The van der Waals surface area contributed by atoms with E-state index in [0.29, 0.717) is 48.8 Å². The Labute approximate surface area is 172 Å². The van der Waals surface area contributed by atoms with Gasteiger partial charge in [0.1, 0.15) is 11.4 Å². The van der Waals surface area contributed by atoms with E-state index in [9.17, 15) is 14.0 Å². The average Bonchev–Trinajstić information content (AvgIpc) is 2.74. The maximum Gasteiger partial charge on any atom is 0.259 e. The molecule has 7 heteroatoms. The number of carbonyl (C=O) groups is 1. The van der Waals surface area contributed by atoms with Gasteiger partial charge in [-0.2, -0.15) is 0 Å². The first kappa shape index (κ1) is 19.5. The predicted octanol–water partition coefficient (Wildman–Crippen LogP) is 3.78. The lowest BCUT2D eigenvalue weighted by Gasteiger charge is -2.36. The van der Waals surface area contributed by atoms with Crippen LogP contribution in [0.4, 0.5) is 10.1 Å². The number of benzene rings is 2. The summed E-state index contributed by atoms with van der Waals surface area (Å²) in [5.74, 6) is -0.572. The number of carbonyl (C=O) groups excluding carboxylic acids is 1. The number of hydrogen-bond donors (Lipinski definition) is 0. The zero-order chi connectivity index (χ0) is 20.5. The van der Waals surface area contributed by atoms with E-state index in [1.807, 2.05) is 16.4 Å². The average molecular weight is 414 g/mol. The van der Waals surface area contributed by atoms with E-state index in [1.54, 1.807) is 47.5 Å². The van der Waals surface area contributed by atoms with Crippen LogP contribution in [0.3, 0.4) is 0 Å². The summed E-state index contributed by atoms with van der Waals surface area (Å²) in [5.41, 5.74) is 1.12.